The number of benzene rings is 1. The van der Waals surface area contributed by atoms with Gasteiger partial charge in [-0.05, 0) is 19.1 Å². The number of oxazole rings is 1. The van der Waals surface area contributed by atoms with Crippen LogP contribution in [0.4, 0.5) is 6.01 Å². The highest BCUT2D eigenvalue weighted by Crippen LogP contribution is 2.26. The molecule has 1 aromatic carbocycles. The zero-order valence-electron chi connectivity index (χ0n) is 12.8. The molecule has 1 fully saturated rings. The SMILES string of the molecule is CCn1cc(O[C@@H]2CN(c3nc4ccccc4o3)C[C@H]2O)cn1. The molecule has 4 rings (SSSR count). The fourth-order valence-electron chi connectivity index (χ4n) is 2.78. The molecular formula is C16H18N4O3. The first-order valence-corrected chi connectivity index (χ1v) is 7.70. The molecule has 23 heavy (non-hydrogen) atoms. The van der Waals surface area contributed by atoms with Crippen LogP contribution in [-0.2, 0) is 6.54 Å². The quantitative estimate of drug-likeness (QED) is 0.789. The average molecular weight is 314 g/mol. The Bertz CT molecular complexity index is 779. The zero-order valence-corrected chi connectivity index (χ0v) is 12.8. The van der Waals surface area contributed by atoms with Crippen molar-refractivity contribution in [2.24, 2.45) is 0 Å². The third-order valence-electron chi connectivity index (χ3n) is 4.01. The molecule has 0 radical (unpaired) electrons. The summed E-state index contributed by atoms with van der Waals surface area (Å²) in [5.41, 5.74) is 1.55. The second-order valence-electron chi connectivity index (χ2n) is 5.62. The van der Waals surface area contributed by atoms with E-state index in [1.165, 1.54) is 0 Å². The van der Waals surface area contributed by atoms with E-state index in [1.54, 1.807) is 10.9 Å². The molecule has 3 heterocycles. The van der Waals surface area contributed by atoms with E-state index in [4.69, 9.17) is 9.15 Å². The molecule has 1 aliphatic heterocycles. The zero-order chi connectivity index (χ0) is 15.8. The lowest BCUT2D eigenvalue weighted by atomic mass is 10.3. The Morgan fingerprint density at radius 1 is 1.35 bits per heavy atom. The number of nitrogens with zero attached hydrogens (tertiary/aromatic N) is 4. The lowest BCUT2D eigenvalue weighted by Crippen LogP contribution is -2.29. The van der Waals surface area contributed by atoms with Crippen LogP contribution in [0.25, 0.3) is 11.1 Å². The van der Waals surface area contributed by atoms with Gasteiger partial charge in [0, 0.05) is 6.54 Å². The summed E-state index contributed by atoms with van der Waals surface area (Å²) in [6.45, 7) is 3.74. The number of aliphatic hydroxyl groups excluding tert-OH is 1. The summed E-state index contributed by atoms with van der Waals surface area (Å²) in [5, 5.41) is 14.4. The molecule has 120 valence electrons. The molecule has 1 N–H and O–H groups in total. The maximum Gasteiger partial charge on any atom is 0.298 e. The minimum Gasteiger partial charge on any atom is -0.482 e. The van der Waals surface area contributed by atoms with Crippen LogP contribution in [0.5, 0.6) is 5.75 Å². The van der Waals surface area contributed by atoms with Crippen molar-refractivity contribution < 1.29 is 14.3 Å². The summed E-state index contributed by atoms with van der Waals surface area (Å²) in [5.74, 6) is 0.662. The largest absolute Gasteiger partial charge is 0.482 e. The molecule has 0 aliphatic carbocycles. The fourth-order valence-corrected chi connectivity index (χ4v) is 2.78. The molecule has 0 bridgehead atoms. The van der Waals surface area contributed by atoms with E-state index in [2.05, 4.69) is 10.1 Å². The van der Waals surface area contributed by atoms with Crippen LogP contribution < -0.4 is 9.64 Å². The molecular weight excluding hydrogens is 296 g/mol. The lowest BCUT2D eigenvalue weighted by Gasteiger charge is -2.14. The van der Waals surface area contributed by atoms with E-state index >= 15 is 0 Å². The van der Waals surface area contributed by atoms with Crippen molar-refractivity contribution in [3.63, 3.8) is 0 Å². The van der Waals surface area contributed by atoms with Crippen LogP contribution in [0.3, 0.4) is 0 Å². The van der Waals surface area contributed by atoms with Crippen molar-refractivity contribution >= 4 is 17.1 Å². The van der Waals surface area contributed by atoms with Crippen molar-refractivity contribution in [3.05, 3.63) is 36.7 Å². The predicted molar refractivity (Wildman–Crippen MR) is 84.5 cm³/mol. The number of hydrogen-bond donors (Lipinski definition) is 1. The highest BCUT2D eigenvalue weighted by Gasteiger charge is 2.35. The summed E-state index contributed by atoms with van der Waals surface area (Å²) in [7, 11) is 0. The standard InChI is InChI=1S/C16H18N4O3/c1-2-20-8-11(7-17-20)22-15-10-19(9-13(15)21)16-18-12-5-3-4-6-14(12)23-16/h3-8,13,15,21H,2,9-10H2,1H3/t13-,15-/m1/s1. The summed E-state index contributed by atoms with van der Waals surface area (Å²) in [6, 6.07) is 8.13. The molecule has 0 unspecified atom stereocenters. The molecule has 3 aromatic rings. The Kier molecular flexibility index (Phi) is 3.42. The Hall–Kier alpha value is -2.54. The molecule has 7 heteroatoms. The number of β-amino-alcohol motifs (C(OH)–C–C–N with tert-alkyl or cyclic N) is 1. The van der Waals surface area contributed by atoms with Crippen LogP contribution >= 0.6 is 0 Å². The number of aryl methyl sites for hydroxylation is 1. The first kappa shape index (κ1) is 14.1. The normalized spacial score (nSPS) is 21.2. The third-order valence-corrected chi connectivity index (χ3v) is 4.01. The first-order valence-electron chi connectivity index (χ1n) is 7.70. The molecule has 0 saturated carbocycles. The van der Waals surface area contributed by atoms with Gasteiger partial charge in [0.15, 0.2) is 11.3 Å². The highest BCUT2D eigenvalue weighted by molar-refractivity contribution is 5.74. The van der Waals surface area contributed by atoms with Crippen molar-refractivity contribution in [3.8, 4) is 5.75 Å². The van der Waals surface area contributed by atoms with Gasteiger partial charge < -0.3 is 19.2 Å². The van der Waals surface area contributed by atoms with Gasteiger partial charge in [-0.2, -0.15) is 10.1 Å². The molecule has 2 aromatic heterocycles. The number of aromatic nitrogens is 3. The van der Waals surface area contributed by atoms with Gasteiger partial charge >= 0.3 is 0 Å². The van der Waals surface area contributed by atoms with Crippen molar-refractivity contribution in [1.29, 1.82) is 0 Å². The van der Waals surface area contributed by atoms with E-state index in [0.717, 1.165) is 17.6 Å². The van der Waals surface area contributed by atoms with Gasteiger partial charge in [0.2, 0.25) is 0 Å². The monoisotopic (exact) mass is 314 g/mol. The Balaban J connectivity index is 1.50. The van der Waals surface area contributed by atoms with Crippen LogP contribution in [-0.4, -0.2) is 45.2 Å². The molecule has 7 nitrogen and oxygen atoms in total. The maximum absolute atomic E-state index is 10.3. The minimum atomic E-state index is -0.602. The third kappa shape index (κ3) is 2.63. The van der Waals surface area contributed by atoms with Gasteiger partial charge in [-0.25, -0.2) is 0 Å². The molecule has 1 aliphatic rings. The first-order chi connectivity index (χ1) is 11.2. The summed E-state index contributed by atoms with van der Waals surface area (Å²) in [6.07, 6.45) is 2.56. The molecule has 1 saturated heterocycles. The van der Waals surface area contributed by atoms with E-state index in [1.807, 2.05) is 42.3 Å². The second-order valence-corrected chi connectivity index (χ2v) is 5.62. The van der Waals surface area contributed by atoms with Gasteiger partial charge in [-0.3, -0.25) is 4.68 Å². The van der Waals surface area contributed by atoms with Crippen LogP contribution in [0.1, 0.15) is 6.92 Å². The Morgan fingerprint density at radius 2 is 2.22 bits per heavy atom. The number of anilines is 1. The van der Waals surface area contributed by atoms with E-state index < -0.39 is 6.10 Å². The molecule has 0 amide bonds. The number of fused-ring (bicyclic) bond motifs is 1. The molecule has 0 spiro atoms. The van der Waals surface area contributed by atoms with Crippen molar-refractivity contribution in [1.82, 2.24) is 14.8 Å². The van der Waals surface area contributed by atoms with Crippen LogP contribution in [0.2, 0.25) is 0 Å². The Labute approximate surface area is 133 Å². The fraction of sp³-hybridized carbons (Fsp3) is 0.375. The van der Waals surface area contributed by atoms with Gasteiger partial charge in [0.25, 0.3) is 6.01 Å². The summed E-state index contributed by atoms with van der Waals surface area (Å²) < 4.78 is 13.4. The van der Waals surface area contributed by atoms with Gasteiger partial charge in [0.1, 0.15) is 17.7 Å². The topological polar surface area (TPSA) is 76.5 Å². The number of para-hydroxylation sites is 2. The second kappa shape index (κ2) is 5.58. The van der Waals surface area contributed by atoms with Crippen LogP contribution in [0.15, 0.2) is 41.1 Å². The molecule has 2 atom stereocenters. The highest BCUT2D eigenvalue weighted by atomic mass is 16.5. The van der Waals surface area contributed by atoms with Gasteiger partial charge in [-0.1, -0.05) is 12.1 Å². The lowest BCUT2D eigenvalue weighted by molar-refractivity contribution is 0.0737. The summed E-state index contributed by atoms with van der Waals surface area (Å²) in [4.78, 5) is 6.37. The number of ether oxygens (including phenoxy) is 1. The maximum atomic E-state index is 10.3. The van der Waals surface area contributed by atoms with Crippen molar-refractivity contribution in [2.75, 3.05) is 18.0 Å². The van der Waals surface area contributed by atoms with Gasteiger partial charge in [-0.15, -0.1) is 0 Å². The van der Waals surface area contributed by atoms with E-state index in [0.29, 0.717) is 24.9 Å². The van der Waals surface area contributed by atoms with Crippen molar-refractivity contribution in [2.45, 2.75) is 25.7 Å². The number of aliphatic hydroxyl groups is 1. The minimum absolute atomic E-state index is 0.334. The van der Waals surface area contributed by atoms with Crippen LogP contribution in [0, 0.1) is 0 Å². The Morgan fingerprint density at radius 3 is 3.00 bits per heavy atom. The van der Waals surface area contributed by atoms with Gasteiger partial charge in [0.05, 0.1) is 25.5 Å². The number of rotatable bonds is 4. The predicted octanol–water partition coefficient (Wildman–Crippen LogP) is 1.67. The number of hydrogen-bond acceptors (Lipinski definition) is 6. The average Bonchev–Trinajstić information content (AvgIpc) is 3.26. The smallest absolute Gasteiger partial charge is 0.298 e. The summed E-state index contributed by atoms with van der Waals surface area (Å²) >= 11 is 0. The van der Waals surface area contributed by atoms with E-state index in [9.17, 15) is 5.11 Å². The van der Waals surface area contributed by atoms with E-state index in [-0.39, 0.29) is 6.10 Å².